The third-order valence-corrected chi connectivity index (χ3v) is 3.57. The summed E-state index contributed by atoms with van der Waals surface area (Å²) in [6.45, 7) is 6.18. The Morgan fingerprint density at radius 3 is 2.60 bits per heavy atom. The highest BCUT2D eigenvalue weighted by Crippen LogP contribution is 2.51. The van der Waals surface area contributed by atoms with Crippen molar-refractivity contribution in [1.29, 1.82) is 0 Å². The predicted molar refractivity (Wildman–Crippen MR) is 45.1 cm³/mol. The van der Waals surface area contributed by atoms with Gasteiger partial charge in [0.05, 0.1) is 6.61 Å². The first-order valence-electron chi connectivity index (χ1n) is 3.31. The summed E-state index contributed by atoms with van der Waals surface area (Å²) in [5, 5.41) is 0. The molecule has 2 nitrogen and oxygen atoms in total. The van der Waals surface area contributed by atoms with E-state index in [0.717, 1.165) is 13.2 Å². The minimum absolute atomic E-state index is 0.266. The van der Waals surface area contributed by atoms with Gasteiger partial charge >= 0.3 is 0 Å². The van der Waals surface area contributed by atoms with E-state index >= 15 is 0 Å². The Balaban J connectivity index is 2.49. The number of nitrogens with zero attached hydrogens (tertiary/aromatic N) is 1. The Labute approximate surface area is 68.2 Å². The van der Waals surface area contributed by atoms with Crippen molar-refractivity contribution in [1.82, 2.24) is 4.67 Å². The summed E-state index contributed by atoms with van der Waals surface area (Å²) >= 11 is 5.86. The molecule has 0 bridgehead atoms. The van der Waals surface area contributed by atoms with Gasteiger partial charge in [-0.25, -0.2) is 4.67 Å². The van der Waals surface area contributed by atoms with Gasteiger partial charge in [0.15, 0.2) is 0 Å². The van der Waals surface area contributed by atoms with Gasteiger partial charge < -0.3 is 4.52 Å². The summed E-state index contributed by atoms with van der Waals surface area (Å²) in [4.78, 5) is 0. The van der Waals surface area contributed by atoms with Crippen molar-refractivity contribution in [3.05, 3.63) is 0 Å². The molecular weight excluding hydrogens is 168 g/mol. The SMILES string of the molecule is CN1CC(C)(C)COP1Cl. The Bertz CT molecular complexity index is 131. The van der Waals surface area contributed by atoms with Crippen LogP contribution in [0.5, 0.6) is 0 Å². The fourth-order valence-corrected chi connectivity index (χ4v) is 2.50. The van der Waals surface area contributed by atoms with Crippen LogP contribution in [-0.4, -0.2) is 24.9 Å². The average Bonchev–Trinajstić information content (AvgIpc) is 1.79. The van der Waals surface area contributed by atoms with Crippen LogP contribution < -0.4 is 0 Å². The molecule has 1 fully saturated rings. The lowest BCUT2D eigenvalue weighted by Gasteiger charge is -2.37. The maximum absolute atomic E-state index is 5.86. The molecule has 0 saturated carbocycles. The lowest BCUT2D eigenvalue weighted by molar-refractivity contribution is 0.129. The molecule has 60 valence electrons. The van der Waals surface area contributed by atoms with E-state index in [2.05, 4.69) is 18.5 Å². The van der Waals surface area contributed by atoms with Gasteiger partial charge in [0.25, 0.3) is 0 Å². The zero-order chi connectivity index (χ0) is 7.78. The maximum Gasteiger partial charge on any atom is 0.206 e. The molecule has 4 heteroatoms. The van der Waals surface area contributed by atoms with E-state index < -0.39 is 7.65 Å². The number of rotatable bonds is 0. The molecule has 0 amide bonds. The van der Waals surface area contributed by atoms with Crippen LogP contribution in [0.1, 0.15) is 13.8 Å². The average molecular weight is 182 g/mol. The van der Waals surface area contributed by atoms with Crippen molar-refractivity contribution in [2.45, 2.75) is 13.8 Å². The van der Waals surface area contributed by atoms with Crippen molar-refractivity contribution in [2.24, 2.45) is 5.41 Å². The second kappa shape index (κ2) is 2.94. The maximum atomic E-state index is 5.86. The summed E-state index contributed by atoms with van der Waals surface area (Å²) in [5.74, 6) is 0. The standard InChI is InChI=1S/C6H13ClNOP/c1-6(2)4-8(3)10(7)9-5-6/h4-5H2,1-3H3. The molecule has 1 aliphatic rings. The lowest BCUT2D eigenvalue weighted by atomic mass is 9.95. The summed E-state index contributed by atoms with van der Waals surface area (Å²) < 4.78 is 7.43. The van der Waals surface area contributed by atoms with Crippen LogP contribution in [0.4, 0.5) is 0 Å². The fraction of sp³-hybridized carbons (Fsp3) is 1.00. The normalized spacial score (nSPS) is 34.2. The molecule has 10 heavy (non-hydrogen) atoms. The molecular formula is C6H13ClNOP. The van der Waals surface area contributed by atoms with Crippen molar-refractivity contribution >= 4 is 18.9 Å². The predicted octanol–water partition coefficient (Wildman–Crippen LogP) is 2.44. The smallest absolute Gasteiger partial charge is 0.206 e. The molecule has 0 radical (unpaired) electrons. The molecule has 0 aliphatic carbocycles. The fourth-order valence-electron chi connectivity index (χ4n) is 1.05. The van der Waals surface area contributed by atoms with E-state index in [1.807, 2.05) is 7.05 Å². The lowest BCUT2D eigenvalue weighted by Crippen LogP contribution is -2.36. The van der Waals surface area contributed by atoms with E-state index in [1.165, 1.54) is 0 Å². The molecule has 1 heterocycles. The van der Waals surface area contributed by atoms with E-state index in [9.17, 15) is 0 Å². The molecule has 1 saturated heterocycles. The molecule has 1 aliphatic heterocycles. The van der Waals surface area contributed by atoms with Crippen LogP contribution in [0, 0.1) is 5.41 Å². The summed E-state index contributed by atoms with van der Waals surface area (Å²) in [6, 6.07) is 0. The Morgan fingerprint density at radius 1 is 1.60 bits per heavy atom. The number of hydrogen-bond acceptors (Lipinski definition) is 2. The molecule has 0 spiro atoms. The molecule has 1 rings (SSSR count). The Hall–Kier alpha value is 0.640. The van der Waals surface area contributed by atoms with E-state index in [1.54, 1.807) is 0 Å². The van der Waals surface area contributed by atoms with Gasteiger partial charge in [0.2, 0.25) is 7.65 Å². The van der Waals surface area contributed by atoms with E-state index in [-0.39, 0.29) is 5.41 Å². The number of halogens is 1. The molecule has 0 aromatic carbocycles. The van der Waals surface area contributed by atoms with E-state index in [0.29, 0.717) is 0 Å². The minimum atomic E-state index is -0.806. The van der Waals surface area contributed by atoms with Gasteiger partial charge in [-0.3, -0.25) is 0 Å². The first-order valence-corrected chi connectivity index (χ1v) is 5.43. The van der Waals surface area contributed by atoms with Crippen LogP contribution in [0.2, 0.25) is 0 Å². The van der Waals surface area contributed by atoms with Crippen LogP contribution in [0.3, 0.4) is 0 Å². The highest BCUT2D eigenvalue weighted by atomic mass is 35.7. The zero-order valence-corrected chi connectivity index (χ0v) is 8.25. The van der Waals surface area contributed by atoms with Crippen molar-refractivity contribution < 1.29 is 4.52 Å². The minimum Gasteiger partial charge on any atom is -0.331 e. The summed E-state index contributed by atoms with van der Waals surface area (Å²) in [5.41, 5.74) is 0.266. The first-order chi connectivity index (χ1) is 4.51. The van der Waals surface area contributed by atoms with Crippen LogP contribution >= 0.6 is 18.9 Å². The quantitative estimate of drug-likeness (QED) is 0.533. The highest BCUT2D eigenvalue weighted by molar-refractivity contribution is 7.78. The summed E-state index contributed by atoms with van der Waals surface area (Å²) in [7, 11) is 1.19. The van der Waals surface area contributed by atoms with Gasteiger partial charge in [0.1, 0.15) is 0 Å². The highest BCUT2D eigenvalue weighted by Gasteiger charge is 2.30. The largest absolute Gasteiger partial charge is 0.331 e. The van der Waals surface area contributed by atoms with Gasteiger partial charge in [-0.1, -0.05) is 13.8 Å². The third kappa shape index (κ3) is 2.06. The molecule has 1 atom stereocenters. The molecule has 0 N–H and O–H groups in total. The van der Waals surface area contributed by atoms with Gasteiger partial charge in [-0.05, 0) is 18.3 Å². The summed E-state index contributed by atoms with van der Waals surface area (Å²) in [6.07, 6.45) is 0. The van der Waals surface area contributed by atoms with Gasteiger partial charge in [0, 0.05) is 12.0 Å². The third-order valence-electron chi connectivity index (χ3n) is 1.49. The van der Waals surface area contributed by atoms with Gasteiger partial charge in [-0.15, -0.1) is 0 Å². The second-order valence-corrected chi connectivity index (χ2v) is 5.74. The second-order valence-electron chi connectivity index (χ2n) is 3.48. The molecule has 1 unspecified atom stereocenters. The zero-order valence-electron chi connectivity index (χ0n) is 6.59. The van der Waals surface area contributed by atoms with Crippen molar-refractivity contribution in [2.75, 3.05) is 20.2 Å². The van der Waals surface area contributed by atoms with Crippen LogP contribution in [0.15, 0.2) is 0 Å². The molecule has 0 aromatic rings. The van der Waals surface area contributed by atoms with Crippen molar-refractivity contribution in [3.8, 4) is 0 Å². The van der Waals surface area contributed by atoms with Gasteiger partial charge in [-0.2, -0.15) is 0 Å². The molecule has 0 aromatic heterocycles. The topological polar surface area (TPSA) is 12.5 Å². The van der Waals surface area contributed by atoms with E-state index in [4.69, 9.17) is 15.8 Å². The Kier molecular flexibility index (Phi) is 2.57. The first kappa shape index (κ1) is 8.73. The monoisotopic (exact) mass is 181 g/mol. The van der Waals surface area contributed by atoms with Crippen LogP contribution in [0.25, 0.3) is 0 Å². The number of hydrogen-bond donors (Lipinski definition) is 0. The van der Waals surface area contributed by atoms with Crippen LogP contribution in [-0.2, 0) is 4.52 Å². The van der Waals surface area contributed by atoms with Crippen molar-refractivity contribution in [3.63, 3.8) is 0 Å². The Morgan fingerprint density at radius 2 is 2.20 bits per heavy atom.